The Balaban J connectivity index is 2.35. The standard InChI is InChI=1S/C9H7NO2S2/c11-9(12)10-6-3-5-14-8(6)7-2-1-4-13-7/h1-5,10H,(H,11,12). The SMILES string of the molecule is O=C(O)Nc1ccsc1-c1cccs1. The number of rotatable bonds is 2. The van der Waals surface area contributed by atoms with E-state index in [4.69, 9.17) is 5.11 Å². The molecule has 0 atom stereocenters. The van der Waals surface area contributed by atoms with Crippen molar-refractivity contribution in [1.29, 1.82) is 0 Å². The summed E-state index contributed by atoms with van der Waals surface area (Å²) in [6.07, 6.45) is -1.03. The average Bonchev–Trinajstić information content (AvgIpc) is 2.70. The van der Waals surface area contributed by atoms with Gasteiger partial charge in [-0.3, -0.25) is 5.32 Å². The van der Waals surface area contributed by atoms with Crippen molar-refractivity contribution in [2.75, 3.05) is 5.32 Å². The third-order valence-electron chi connectivity index (χ3n) is 1.65. The van der Waals surface area contributed by atoms with Crippen molar-refractivity contribution >= 4 is 34.5 Å². The molecule has 0 aliphatic heterocycles. The maximum atomic E-state index is 10.5. The third-order valence-corrected chi connectivity index (χ3v) is 3.62. The molecule has 0 unspecified atom stereocenters. The zero-order chi connectivity index (χ0) is 9.97. The molecule has 3 nitrogen and oxygen atoms in total. The minimum atomic E-state index is -1.03. The molecule has 0 spiro atoms. The van der Waals surface area contributed by atoms with Crippen molar-refractivity contribution in [1.82, 2.24) is 0 Å². The van der Waals surface area contributed by atoms with E-state index in [-0.39, 0.29) is 0 Å². The number of hydrogen-bond donors (Lipinski definition) is 2. The zero-order valence-electron chi connectivity index (χ0n) is 7.06. The monoisotopic (exact) mass is 225 g/mol. The van der Waals surface area contributed by atoms with Gasteiger partial charge in [0.2, 0.25) is 0 Å². The van der Waals surface area contributed by atoms with Gasteiger partial charge < -0.3 is 5.11 Å². The fraction of sp³-hybridized carbons (Fsp3) is 0. The van der Waals surface area contributed by atoms with Crippen molar-refractivity contribution < 1.29 is 9.90 Å². The van der Waals surface area contributed by atoms with E-state index >= 15 is 0 Å². The van der Waals surface area contributed by atoms with Crippen LogP contribution in [0.3, 0.4) is 0 Å². The topological polar surface area (TPSA) is 49.3 Å². The predicted octanol–water partition coefficient (Wildman–Crippen LogP) is 3.57. The third kappa shape index (κ3) is 1.78. The molecule has 0 aromatic carbocycles. The first-order chi connectivity index (χ1) is 6.77. The summed E-state index contributed by atoms with van der Waals surface area (Å²) < 4.78 is 0. The fourth-order valence-corrected chi connectivity index (χ4v) is 2.86. The van der Waals surface area contributed by atoms with Crippen LogP contribution in [0, 0.1) is 0 Å². The molecule has 2 aromatic rings. The Hall–Kier alpha value is -1.33. The van der Waals surface area contributed by atoms with E-state index in [0.29, 0.717) is 5.69 Å². The lowest BCUT2D eigenvalue weighted by Crippen LogP contribution is -2.06. The predicted molar refractivity (Wildman–Crippen MR) is 59.3 cm³/mol. The van der Waals surface area contributed by atoms with E-state index in [1.54, 1.807) is 17.4 Å². The van der Waals surface area contributed by atoms with Crippen LogP contribution in [-0.2, 0) is 0 Å². The molecule has 2 rings (SSSR count). The van der Waals surface area contributed by atoms with Gasteiger partial charge in [0.05, 0.1) is 10.6 Å². The molecule has 0 saturated carbocycles. The summed E-state index contributed by atoms with van der Waals surface area (Å²) in [7, 11) is 0. The largest absolute Gasteiger partial charge is 0.465 e. The maximum absolute atomic E-state index is 10.5. The van der Waals surface area contributed by atoms with E-state index in [1.807, 2.05) is 22.9 Å². The number of nitrogens with one attached hydrogen (secondary N) is 1. The average molecular weight is 225 g/mol. The van der Waals surface area contributed by atoms with Gasteiger partial charge in [-0.25, -0.2) is 4.79 Å². The van der Waals surface area contributed by atoms with Crippen LogP contribution >= 0.6 is 22.7 Å². The number of amides is 1. The molecule has 0 fully saturated rings. The zero-order valence-corrected chi connectivity index (χ0v) is 8.69. The second kappa shape index (κ2) is 3.81. The Morgan fingerprint density at radius 2 is 2.14 bits per heavy atom. The van der Waals surface area contributed by atoms with Crippen LogP contribution in [0.4, 0.5) is 10.5 Å². The molecule has 0 bridgehead atoms. The molecule has 0 aliphatic carbocycles. The molecule has 2 aromatic heterocycles. The van der Waals surface area contributed by atoms with Gasteiger partial charge in [-0.2, -0.15) is 0 Å². The number of hydrogen-bond acceptors (Lipinski definition) is 3. The minimum absolute atomic E-state index is 0.657. The summed E-state index contributed by atoms with van der Waals surface area (Å²) in [5.74, 6) is 0. The highest BCUT2D eigenvalue weighted by Gasteiger charge is 2.09. The maximum Gasteiger partial charge on any atom is 0.409 e. The van der Waals surface area contributed by atoms with Crippen molar-refractivity contribution in [2.24, 2.45) is 0 Å². The fourth-order valence-electron chi connectivity index (χ4n) is 1.12. The van der Waals surface area contributed by atoms with E-state index in [2.05, 4.69) is 5.32 Å². The van der Waals surface area contributed by atoms with E-state index in [1.165, 1.54) is 11.3 Å². The first-order valence-electron chi connectivity index (χ1n) is 3.88. The van der Waals surface area contributed by atoms with Crippen LogP contribution in [0.25, 0.3) is 9.75 Å². The Labute approximate surface area is 88.6 Å². The Kier molecular flexibility index (Phi) is 2.51. The van der Waals surface area contributed by atoms with Crippen LogP contribution in [0.2, 0.25) is 0 Å². The Bertz CT molecular complexity index is 433. The molecule has 0 saturated heterocycles. The highest BCUT2D eigenvalue weighted by molar-refractivity contribution is 7.20. The van der Waals surface area contributed by atoms with Crippen molar-refractivity contribution in [3.8, 4) is 9.75 Å². The minimum Gasteiger partial charge on any atom is -0.465 e. The summed E-state index contributed by atoms with van der Waals surface area (Å²) in [5.41, 5.74) is 0.657. The molecule has 0 aliphatic rings. The molecule has 2 N–H and O–H groups in total. The van der Waals surface area contributed by atoms with Crippen molar-refractivity contribution in [2.45, 2.75) is 0 Å². The summed E-state index contributed by atoms with van der Waals surface area (Å²) in [5, 5.41) is 14.8. The first-order valence-corrected chi connectivity index (χ1v) is 5.64. The van der Waals surface area contributed by atoms with E-state index < -0.39 is 6.09 Å². The van der Waals surface area contributed by atoms with Crippen LogP contribution in [0.15, 0.2) is 29.0 Å². The quantitative estimate of drug-likeness (QED) is 0.820. The Morgan fingerprint density at radius 1 is 1.29 bits per heavy atom. The second-order valence-electron chi connectivity index (χ2n) is 2.57. The molecule has 14 heavy (non-hydrogen) atoms. The van der Waals surface area contributed by atoms with Gasteiger partial charge in [0, 0.05) is 4.88 Å². The summed E-state index contributed by atoms with van der Waals surface area (Å²) >= 11 is 3.13. The molecule has 0 radical (unpaired) electrons. The van der Waals surface area contributed by atoms with Gasteiger partial charge in [0.1, 0.15) is 0 Å². The van der Waals surface area contributed by atoms with Gasteiger partial charge in [-0.05, 0) is 22.9 Å². The molecular weight excluding hydrogens is 218 g/mol. The molecular formula is C9H7NO2S2. The molecule has 2 heterocycles. The summed E-state index contributed by atoms with van der Waals surface area (Å²) in [4.78, 5) is 12.5. The van der Waals surface area contributed by atoms with Crippen LogP contribution < -0.4 is 5.32 Å². The molecule has 5 heteroatoms. The van der Waals surface area contributed by atoms with Gasteiger partial charge in [0.25, 0.3) is 0 Å². The van der Waals surface area contributed by atoms with Crippen LogP contribution in [0.5, 0.6) is 0 Å². The van der Waals surface area contributed by atoms with Crippen LogP contribution in [0.1, 0.15) is 0 Å². The molecule has 72 valence electrons. The van der Waals surface area contributed by atoms with Crippen LogP contribution in [-0.4, -0.2) is 11.2 Å². The summed E-state index contributed by atoms with van der Waals surface area (Å²) in [6.45, 7) is 0. The highest BCUT2D eigenvalue weighted by atomic mass is 32.1. The smallest absolute Gasteiger partial charge is 0.409 e. The van der Waals surface area contributed by atoms with Gasteiger partial charge in [-0.15, -0.1) is 22.7 Å². The van der Waals surface area contributed by atoms with Crippen molar-refractivity contribution in [3.05, 3.63) is 29.0 Å². The lowest BCUT2D eigenvalue weighted by atomic mass is 10.3. The van der Waals surface area contributed by atoms with Gasteiger partial charge in [-0.1, -0.05) is 6.07 Å². The first kappa shape index (κ1) is 9.23. The van der Waals surface area contributed by atoms with Gasteiger partial charge >= 0.3 is 6.09 Å². The van der Waals surface area contributed by atoms with E-state index in [0.717, 1.165) is 9.75 Å². The number of thiophene rings is 2. The lowest BCUT2D eigenvalue weighted by Gasteiger charge is -1.99. The normalized spacial score (nSPS) is 10.0. The van der Waals surface area contributed by atoms with Gasteiger partial charge in [0.15, 0.2) is 0 Å². The lowest BCUT2D eigenvalue weighted by molar-refractivity contribution is 0.210. The highest BCUT2D eigenvalue weighted by Crippen LogP contribution is 2.36. The number of carboxylic acid groups (broad SMARTS) is 1. The summed E-state index contributed by atoms with van der Waals surface area (Å²) in [6, 6.07) is 5.70. The van der Waals surface area contributed by atoms with E-state index in [9.17, 15) is 4.79 Å². The second-order valence-corrected chi connectivity index (χ2v) is 4.43. The Morgan fingerprint density at radius 3 is 2.79 bits per heavy atom. The number of carbonyl (C=O) groups is 1. The van der Waals surface area contributed by atoms with Crippen molar-refractivity contribution in [3.63, 3.8) is 0 Å². The molecule has 1 amide bonds. The number of anilines is 1.